The first kappa shape index (κ1) is 18.4. The van der Waals surface area contributed by atoms with E-state index in [2.05, 4.69) is 0 Å². The monoisotopic (exact) mass is 352 g/mol. The zero-order valence-corrected chi connectivity index (χ0v) is 14.9. The van der Waals surface area contributed by atoms with Crippen molar-refractivity contribution in [1.82, 2.24) is 4.90 Å². The van der Waals surface area contributed by atoms with Gasteiger partial charge in [0.15, 0.2) is 0 Å². The quantitative estimate of drug-likeness (QED) is 0.724. The lowest BCUT2D eigenvalue weighted by Crippen LogP contribution is -2.31. The van der Waals surface area contributed by atoms with Gasteiger partial charge in [0.2, 0.25) is 11.8 Å². The van der Waals surface area contributed by atoms with Gasteiger partial charge >= 0.3 is 0 Å². The smallest absolute Gasteiger partial charge is 0.227 e. The lowest BCUT2D eigenvalue weighted by atomic mass is 10.0. The number of likely N-dealkylation sites (tertiary alicyclic amines) is 1. The van der Waals surface area contributed by atoms with E-state index >= 15 is 0 Å². The summed E-state index contributed by atoms with van der Waals surface area (Å²) in [6.45, 7) is 0.749. The Hall–Kier alpha value is -1.89. The Morgan fingerprint density at radius 2 is 2.12 bits per heavy atom. The summed E-state index contributed by atoms with van der Waals surface area (Å²) in [6.07, 6.45) is 2.30. The number of nitrogens with zero attached hydrogens (tertiary/aromatic N) is 1. The highest BCUT2D eigenvalue weighted by molar-refractivity contribution is 7.99. The van der Waals surface area contributed by atoms with Crippen LogP contribution in [0.2, 0.25) is 0 Å². The molecule has 1 aliphatic rings. The van der Waals surface area contributed by atoms with Crippen LogP contribution in [0.25, 0.3) is 0 Å². The van der Waals surface area contributed by atoms with E-state index in [0.29, 0.717) is 12.2 Å². The van der Waals surface area contributed by atoms with Crippen LogP contribution >= 0.6 is 11.8 Å². The van der Waals surface area contributed by atoms with Crippen molar-refractivity contribution < 1.29 is 19.1 Å². The maximum atomic E-state index is 12.5. The molecule has 1 fully saturated rings. The number of ether oxygens (including phenoxy) is 2. The fourth-order valence-electron chi connectivity index (χ4n) is 2.96. The molecule has 1 saturated heterocycles. The second-order valence-corrected chi connectivity index (χ2v) is 6.73. The molecule has 1 aromatic carbocycles. The Morgan fingerprint density at radius 1 is 1.33 bits per heavy atom. The first-order valence-corrected chi connectivity index (χ1v) is 9.09. The van der Waals surface area contributed by atoms with Crippen molar-refractivity contribution in [2.75, 3.05) is 32.3 Å². The van der Waals surface area contributed by atoms with Gasteiger partial charge in [-0.3, -0.25) is 9.59 Å². The first-order valence-electron chi connectivity index (χ1n) is 7.94. The molecule has 0 aromatic heterocycles. The second kappa shape index (κ2) is 8.82. The maximum Gasteiger partial charge on any atom is 0.227 e. The molecule has 0 spiro atoms. The van der Waals surface area contributed by atoms with Gasteiger partial charge in [0, 0.05) is 30.3 Å². The van der Waals surface area contributed by atoms with Crippen LogP contribution in [-0.2, 0) is 9.59 Å². The molecule has 0 unspecified atom stereocenters. The van der Waals surface area contributed by atoms with Crippen LogP contribution in [0.4, 0.5) is 0 Å². The summed E-state index contributed by atoms with van der Waals surface area (Å²) in [5.41, 5.74) is 6.11. The van der Waals surface area contributed by atoms with Gasteiger partial charge in [-0.15, -0.1) is 0 Å². The van der Waals surface area contributed by atoms with Crippen molar-refractivity contribution in [3.8, 4) is 11.5 Å². The lowest BCUT2D eigenvalue weighted by Gasteiger charge is -2.26. The zero-order valence-electron chi connectivity index (χ0n) is 14.1. The lowest BCUT2D eigenvalue weighted by molar-refractivity contribution is -0.131. The van der Waals surface area contributed by atoms with Gasteiger partial charge in [-0.1, -0.05) is 0 Å². The molecule has 6 nitrogen and oxygen atoms in total. The number of hydrogen-bond donors (Lipinski definition) is 1. The van der Waals surface area contributed by atoms with E-state index in [1.165, 1.54) is 11.8 Å². The summed E-state index contributed by atoms with van der Waals surface area (Å²) in [5.74, 6) is 2.08. The third kappa shape index (κ3) is 4.56. The summed E-state index contributed by atoms with van der Waals surface area (Å²) in [4.78, 5) is 25.2. The highest BCUT2D eigenvalue weighted by atomic mass is 32.2. The number of thioether (sulfide) groups is 1. The van der Waals surface area contributed by atoms with Crippen LogP contribution in [0.3, 0.4) is 0 Å². The summed E-state index contributed by atoms with van der Waals surface area (Å²) in [6, 6.07) is 5.73. The average Bonchev–Trinajstić information content (AvgIpc) is 3.07. The number of nitrogens with two attached hydrogens (primary N) is 1. The molecule has 7 heteroatoms. The average molecular weight is 352 g/mol. The number of methoxy groups -OCH3 is 2. The van der Waals surface area contributed by atoms with Gasteiger partial charge in [0.1, 0.15) is 11.5 Å². The van der Waals surface area contributed by atoms with Crippen LogP contribution in [-0.4, -0.2) is 49.0 Å². The van der Waals surface area contributed by atoms with E-state index in [9.17, 15) is 9.59 Å². The van der Waals surface area contributed by atoms with Gasteiger partial charge in [-0.25, -0.2) is 0 Å². The molecule has 0 aliphatic carbocycles. The number of hydrogen-bond acceptors (Lipinski definition) is 5. The number of benzene rings is 1. The van der Waals surface area contributed by atoms with Crippen LogP contribution in [0, 0.1) is 0 Å². The second-order valence-electron chi connectivity index (χ2n) is 5.62. The topological polar surface area (TPSA) is 81.9 Å². The van der Waals surface area contributed by atoms with Crippen LogP contribution < -0.4 is 15.2 Å². The van der Waals surface area contributed by atoms with E-state index < -0.39 is 0 Å². The molecule has 1 aliphatic heterocycles. The predicted octanol–water partition coefficient (Wildman–Crippen LogP) is 1.98. The van der Waals surface area contributed by atoms with E-state index in [-0.39, 0.29) is 23.6 Å². The Bertz CT molecular complexity index is 594. The SMILES string of the molecule is COc1ccc([C@@H]2CCCN2C(=O)CCSCC(N)=O)c(OC)c1. The standard InChI is InChI=1S/C17H24N2O4S/c1-22-12-5-6-13(15(10-12)23-2)14-4-3-8-19(14)17(21)7-9-24-11-16(18)20/h5-6,10,14H,3-4,7-9,11H2,1-2H3,(H2,18,20)/t14-/m0/s1. The van der Waals surface area contributed by atoms with Crippen molar-refractivity contribution in [2.24, 2.45) is 5.73 Å². The summed E-state index contributed by atoms with van der Waals surface area (Å²) in [7, 11) is 3.24. The molecule has 2 amide bonds. The molecule has 132 valence electrons. The molecule has 1 aromatic rings. The molecule has 0 bridgehead atoms. The van der Waals surface area contributed by atoms with Gasteiger partial charge in [-0.2, -0.15) is 11.8 Å². The number of carbonyl (C=O) groups excluding carboxylic acids is 2. The highest BCUT2D eigenvalue weighted by Gasteiger charge is 2.31. The van der Waals surface area contributed by atoms with Crippen LogP contribution in [0.1, 0.15) is 30.9 Å². The molecule has 1 atom stereocenters. The van der Waals surface area contributed by atoms with Gasteiger partial charge in [-0.05, 0) is 25.0 Å². The minimum Gasteiger partial charge on any atom is -0.497 e. The number of carbonyl (C=O) groups is 2. The van der Waals surface area contributed by atoms with E-state index in [0.717, 1.165) is 36.4 Å². The van der Waals surface area contributed by atoms with E-state index in [1.807, 2.05) is 23.1 Å². The van der Waals surface area contributed by atoms with Gasteiger partial charge < -0.3 is 20.1 Å². The Morgan fingerprint density at radius 3 is 2.79 bits per heavy atom. The fraction of sp³-hybridized carbons (Fsp3) is 0.529. The van der Waals surface area contributed by atoms with Crippen LogP contribution in [0.5, 0.6) is 11.5 Å². The normalized spacial score (nSPS) is 16.9. The molecule has 0 saturated carbocycles. The third-order valence-corrected chi connectivity index (χ3v) is 5.06. The minimum atomic E-state index is -0.352. The predicted molar refractivity (Wildman–Crippen MR) is 94.4 cm³/mol. The molecular weight excluding hydrogens is 328 g/mol. The molecule has 24 heavy (non-hydrogen) atoms. The zero-order chi connectivity index (χ0) is 17.5. The Labute approximate surface area is 146 Å². The largest absolute Gasteiger partial charge is 0.497 e. The van der Waals surface area contributed by atoms with Crippen molar-refractivity contribution >= 4 is 23.6 Å². The number of primary amides is 1. The molecule has 2 N–H and O–H groups in total. The summed E-state index contributed by atoms with van der Waals surface area (Å²) < 4.78 is 10.7. The summed E-state index contributed by atoms with van der Waals surface area (Å²) in [5, 5.41) is 0. The van der Waals surface area contributed by atoms with Crippen molar-refractivity contribution in [1.29, 1.82) is 0 Å². The van der Waals surface area contributed by atoms with Gasteiger partial charge in [0.05, 0.1) is 26.0 Å². The number of rotatable bonds is 8. The minimum absolute atomic E-state index is 0.0273. The first-order chi connectivity index (χ1) is 11.6. The van der Waals surface area contributed by atoms with Gasteiger partial charge in [0.25, 0.3) is 0 Å². The van der Waals surface area contributed by atoms with Crippen molar-refractivity contribution in [3.63, 3.8) is 0 Å². The Balaban J connectivity index is 2.04. The van der Waals surface area contributed by atoms with Crippen molar-refractivity contribution in [2.45, 2.75) is 25.3 Å². The maximum absolute atomic E-state index is 12.5. The highest BCUT2D eigenvalue weighted by Crippen LogP contribution is 2.39. The molecule has 0 radical (unpaired) electrons. The Kier molecular flexibility index (Phi) is 6.78. The van der Waals surface area contributed by atoms with E-state index in [4.69, 9.17) is 15.2 Å². The molecular formula is C17H24N2O4S. The molecule has 1 heterocycles. The van der Waals surface area contributed by atoms with Crippen molar-refractivity contribution in [3.05, 3.63) is 23.8 Å². The molecule has 2 rings (SSSR count). The fourth-order valence-corrected chi connectivity index (χ4v) is 3.62. The number of amides is 2. The summed E-state index contributed by atoms with van der Waals surface area (Å²) >= 11 is 1.39. The third-order valence-electron chi connectivity index (χ3n) is 4.08. The van der Waals surface area contributed by atoms with E-state index in [1.54, 1.807) is 14.2 Å². The van der Waals surface area contributed by atoms with Crippen LogP contribution in [0.15, 0.2) is 18.2 Å².